The molecule has 0 heterocycles. The van der Waals surface area contributed by atoms with Gasteiger partial charge >= 0.3 is 0 Å². The fourth-order valence-corrected chi connectivity index (χ4v) is 0. The van der Waals surface area contributed by atoms with Crippen molar-refractivity contribution in [3.63, 3.8) is 0 Å². The summed E-state index contributed by atoms with van der Waals surface area (Å²) in [6.07, 6.45) is 0. The Morgan fingerprint density at radius 2 is 1.00 bits per heavy atom. The Bertz CT molecular complexity index is 8.00. The first-order valence-corrected chi connectivity index (χ1v) is 0. The fraction of sp³-hybridized carbons (Fsp3) is 0. The Balaban J connectivity index is 0. The molecule has 0 saturated heterocycles. The Labute approximate surface area is 85.2 Å². The molecule has 0 aromatic rings. The van der Waals surface area contributed by atoms with Gasteiger partial charge in [-0.15, -0.1) is 0 Å². The van der Waals surface area contributed by atoms with Crippen LogP contribution in [0.4, 0.5) is 0 Å². The smallest absolute Gasteiger partial charge is 0 e. The van der Waals surface area contributed by atoms with Gasteiger partial charge in [0.15, 0.2) is 0 Å². The van der Waals surface area contributed by atoms with E-state index in [2.05, 4.69) is 0 Å². The van der Waals surface area contributed by atoms with E-state index in [4.69, 9.17) is 0 Å². The van der Waals surface area contributed by atoms with Crippen LogP contribution in [0.15, 0.2) is 0 Å². The van der Waals surface area contributed by atoms with Crippen molar-refractivity contribution >= 4 is 50.1 Å². The third kappa shape index (κ3) is 8.85. The van der Waals surface area contributed by atoms with Crippen LogP contribution in [0.2, 0.25) is 0 Å². The van der Waals surface area contributed by atoms with Crippen LogP contribution in [0.25, 0.3) is 0 Å². The zero-order valence-corrected chi connectivity index (χ0v) is 12.2. The van der Waals surface area contributed by atoms with E-state index in [0.717, 1.165) is 0 Å². The maximum absolute atomic E-state index is 0. The van der Waals surface area contributed by atoms with Gasteiger partial charge in [0.2, 0.25) is 0 Å². The standard InChI is InChI=1S/Bi.Cu.Sn.Zn. The first-order chi connectivity index (χ1) is 0. The van der Waals surface area contributed by atoms with Crippen molar-refractivity contribution in [3.8, 4) is 0 Å². The summed E-state index contributed by atoms with van der Waals surface area (Å²) >= 11 is 0. The molecule has 0 bridgehead atoms. The van der Waals surface area contributed by atoms with Crippen LogP contribution in [0, 0.1) is 0 Å². The van der Waals surface area contributed by atoms with Gasteiger partial charge in [0.1, 0.15) is 0 Å². The van der Waals surface area contributed by atoms with Gasteiger partial charge in [-0.25, -0.2) is 0 Å². The van der Waals surface area contributed by atoms with Crippen LogP contribution in [0.3, 0.4) is 0 Å². The summed E-state index contributed by atoms with van der Waals surface area (Å²) in [7, 11) is 0. The van der Waals surface area contributed by atoms with Crippen LogP contribution in [0.5, 0.6) is 0 Å². The van der Waals surface area contributed by atoms with Gasteiger partial charge in [0.25, 0.3) is 0 Å². The van der Waals surface area contributed by atoms with Crippen LogP contribution in [0.1, 0.15) is 0 Å². The average molecular weight is 457 g/mol. The minimum absolute atomic E-state index is 0. The second kappa shape index (κ2) is 17.0. The second-order valence-electron chi connectivity index (χ2n) is 0. The molecule has 0 aromatic carbocycles. The SMILES string of the molecule is [Bi].[Cu].[Sn].[Zn]. The Morgan fingerprint density at radius 1 is 1.00 bits per heavy atom. The summed E-state index contributed by atoms with van der Waals surface area (Å²) in [5.41, 5.74) is 0. The monoisotopic (exact) mass is 456 g/mol. The summed E-state index contributed by atoms with van der Waals surface area (Å²) in [6, 6.07) is 0. The van der Waals surface area contributed by atoms with Crippen molar-refractivity contribution in [2.24, 2.45) is 0 Å². The Hall–Kier alpha value is 2.82. The summed E-state index contributed by atoms with van der Waals surface area (Å²) in [4.78, 5) is 0. The maximum Gasteiger partial charge on any atom is 0 e. The van der Waals surface area contributed by atoms with Crippen LogP contribution in [-0.2, 0) is 36.5 Å². The van der Waals surface area contributed by atoms with Gasteiger partial charge in [-0.2, -0.15) is 0 Å². The summed E-state index contributed by atoms with van der Waals surface area (Å²) in [6.45, 7) is 0. The van der Waals surface area contributed by atoms with E-state index in [1.807, 2.05) is 0 Å². The molecular weight excluding hydrogens is 457 g/mol. The van der Waals surface area contributed by atoms with Crippen LogP contribution < -0.4 is 0 Å². The zero-order valence-electron chi connectivity index (χ0n) is 1.96. The van der Waals surface area contributed by atoms with Crippen molar-refractivity contribution in [2.45, 2.75) is 0 Å². The molecule has 0 nitrogen and oxygen atoms in total. The third-order valence-corrected chi connectivity index (χ3v) is 0. The molecule has 22 valence electrons. The molecule has 8 radical (unpaired) electrons. The van der Waals surface area contributed by atoms with Crippen molar-refractivity contribution < 1.29 is 36.5 Å². The topological polar surface area (TPSA) is 0 Å². The Morgan fingerprint density at radius 3 is 1.00 bits per heavy atom. The van der Waals surface area contributed by atoms with E-state index < -0.39 is 0 Å². The molecule has 0 fully saturated rings. The minimum Gasteiger partial charge on any atom is 0 e. The van der Waals surface area contributed by atoms with Gasteiger partial charge in [-0.1, -0.05) is 0 Å². The average Bonchev–Trinajstić information content (AvgIpc) is 0. The molecule has 0 aromatic heterocycles. The van der Waals surface area contributed by atoms with Gasteiger partial charge in [-0.05, 0) is 0 Å². The normalized spacial score (nSPS) is 0. The largest absolute Gasteiger partial charge is 0 e. The van der Waals surface area contributed by atoms with E-state index >= 15 is 0 Å². The first kappa shape index (κ1) is 29.0. The summed E-state index contributed by atoms with van der Waals surface area (Å²) in [5, 5.41) is 0. The molecule has 0 spiro atoms. The molecule has 0 saturated carbocycles. The van der Waals surface area contributed by atoms with Gasteiger partial charge in [0.05, 0.1) is 0 Å². The first-order valence-electron chi connectivity index (χ1n) is 0. The van der Waals surface area contributed by atoms with Crippen molar-refractivity contribution in [3.05, 3.63) is 0 Å². The van der Waals surface area contributed by atoms with Crippen molar-refractivity contribution in [1.29, 1.82) is 0 Å². The molecular formula is BiCuSnZn. The molecule has 4 heavy (non-hydrogen) atoms. The summed E-state index contributed by atoms with van der Waals surface area (Å²) in [5.74, 6) is 0. The van der Waals surface area contributed by atoms with Crippen molar-refractivity contribution in [1.82, 2.24) is 0 Å². The van der Waals surface area contributed by atoms with E-state index in [1.165, 1.54) is 0 Å². The third-order valence-electron chi connectivity index (χ3n) is 0. The van der Waals surface area contributed by atoms with Gasteiger partial charge in [-0.3, -0.25) is 0 Å². The molecule has 0 atom stereocenters. The fourth-order valence-electron chi connectivity index (χ4n) is 0. The second-order valence-corrected chi connectivity index (χ2v) is 0. The van der Waals surface area contributed by atoms with E-state index in [1.54, 1.807) is 0 Å². The molecule has 0 rings (SSSR count). The summed E-state index contributed by atoms with van der Waals surface area (Å²) < 4.78 is 0. The maximum atomic E-state index is 0. The number of hydrogen-bond donors (Lipinski definition) is 0. The molecule has 0 amide bonds. The predicted octanol–water partition coefficient (Wildman–Crippen LogP) is -0.767. The minimum atomic E-state index is 0. The van der Waals surface area contributed by atoms with Gasteiger partial charge in [0, 0.05) is 86.7 Å². The zero-order chi connectivity index (χ0) is 0. The van der Waals surface area contributed by atoms with Crippen LogP contribution in [-0.4, -0.2) is 50.1 Å². The molecule has 0 aliphatic carbocycles. The van der Waals surface area contributed by atoms with E-state index in [-0.39, 0.29) is 86.7 Å². The molecule has 0 aliphatic heterocycles. The number of rotatable bonds is 0. The quantitative estimate of drug-likeness (QED) is 0.420. The molecule has 0 N–H and O–H groups in total. The predicted molar refractivity (Wildman–Crippen MR) is 11.5 cm³/mol. The van der Waals surface area contributed by atoms with Gasteiger partial charge < -0.3 is 0 Å². The van der Waals surface area contributed by atoms with Crippen molar-refractivity contribution in [2.75, 3.05) is 0 Å². The molecule has 0 aliphatic rings. The Kier molecular flexibility index (Phi) is 123. The van der Waals surface area contributed by atoms with E-state index in [9.17, 15) is 0 Å². The van der Waals surface area contributed by atoms with E-state index in [0.29, 0.717) is 0 Å². The van der Waals surface area contributed by atoms with Crippen LogP contribution >= 0.6 is 0 Å². The number of hydrogen-bond acceptors (Lipinski definition) is 0. The molecule has 0 unspecified atom stereocenters. The molecule has 4 heteroatoms.